The highest BCUT2D eigenvalue weighted by atomic mass is 32.2. The zero-order valence-electron chi connectivity index (χ0n) is 18.6. The van der Waals surface area contributed by atoms with Gasteiger partial charge in [-0.3, -0.25) is 19.1 Å². The first-order valence-corrected chi connectivity index (χ1v) is 13.0. The van der Waals surface area contributed by atoms with E-state index in [0.29, 0.717) is 16.8 Å². The number of nitrogens with one attached hydrogen (secondary N) is 2. The zero-order valence-corrected chi connectivity index (χ0v) is 20.2. The molecule has 0 fully saturated rings. The quantitative estimate of drug-likeness (QED) is 0.364. The molecule has 0 aliphatic heterocycles. The van der Waals surface area contributed by atoms with Crippen LogP contribution in [0.25, 0.3) is 28.3 Å². The second kappa shape index (κ2) is 9.72. The Morgan fingerprint density at radius 1 is 1.11 bits per heavy atom. The van der Waals surface area contributed by atoms with Gasteiger partial charge in [0.15, 0.2) is 5.82 Å². The summed E-state index contributed by atoms with van der Waals surface area (Å²) in [4.78, 5) is 26.9. The van der Waals surface area contributed by atoms with Gasteiger partial charge >= 0.3 is 5.69 Å². The average molecular weight is 514 g/mol. The summed E-state index contributed by atoms with van der Waals surface area (Å²) >= 11 is 1.42. The van der Waals surface area contributed by atoms with Gasteiger partial charge in [-0.1, -0.05) is 24.3 Å². The van der Waals surface area contributed by atoms with Crippen molar-refractivity contribution in [3.05, 3.63) is 97.9 Å². The number of sulfonamides is 1. The second-order valence-corrected chi connectivity index (χ2v) is 10.2. The summed E-state index contributed by atoms with van der Waals surface area (Å²) in [5.74, 6) is -0.444. The lowest BCUT2D eigenvalue weighted by atomic mass is 10.0. The maximum Gasteiger partial charge on any atom is 0.333 e. The first-order chi connectivity index (χ1) is 16.7. The number of H-pyrrole nitrogens is 1. The number of methoxy groups -OCH3 is 1. The van der Waals surface area contributed by atoms with E-state index < -0.39 is 27.1 Å². The normalized spacial score (nSPS) is 11.6. The van der Waals surface area contributed by atoms with Crippen LogP contribution in [-0.2, 0) is 10.0 Å². The van der Waals surface area contributed by atoms with Crippen LogP contribution < -0.4 is 20.7 Å². The third-order valence-electron chi connectivity index (χ3n) is 4.96. The maximum absolute atomic E-state index is 15.8. The van der Waals surface area contributed by atoms with Crippen LogP contribution in [0.3, 0.4) is 0 Å². The zero-order chi connectivity index (χ0) is 25.2. The summed E-state index contributed by atoms with van der Waals surface area (Å²) in [6.45, 7) is 0. The maximum atomic E-state index is 15.8. The minimum Gasteiger partial charge on any atom is -0.495 e. The highest BCUT2D eigenvalue weighted by Crippen LogP contribution is 2.40. The Hall–Kier alpha value is -3.96. The molecule has 4 rings (SSSR count). The first kappa shape index (κ1) is 24.2. The molecule has 0 spiro atoms. The largest absolute Gasteiger partial charge is 0.495 e. The van der Waals surface area contributed by atoms with Crippen LogP contribution in [0.5, 0.6) is 5.75 Å². The van der Waals surface area contributed by atoms with Crippen LogP contribution in [0.15, 0.2) is 69.7 Å². The number of anilines is 1. The van der Waals surface area contributed by atoms with Gasteiger partial charge in [0, 0.05) is 28.4 Å². The Morgan fingerprint density at radius 3 is 2.46 bits per heavy atom. The highest BCUT2D eigenvalue weighted by molar-refractivity contribution is 7.92. The van der Waals surface area contributed by atoms with Gasteiger partial charge < -0.3 is 4.74 Å². The Kier molecular flexibility index (Phi) is 6.72. The number of rotatable bonds is 7. The molecule has 180 valence electrons. The standard InChI is InChI=1S/C24H20FN3O5S2/c1-33-23-17(10-7-15-5-8-16(9-6-15)27-35(2,31)32)22(25)19(14-18(23)20-4-3-13-34-20)28-12-11-21(29)26-24(28)30/h3-14,27H,1-2H3,(H,26,29,30)/b10-7+. The lowest BCUT2D eigenvalue weighted by Crippen LogP contribution is -2.28. The molecule has 2 aromatic carbocycles. The van der Waals surface area contributed by atoms with E-state index >= 15 is 4.39 Å². The van der Waals surface area contributed by atoms with Crippen molar-refractivity contribution >= 4 is 39.2 Å². The number of halogens is 1. The smallest absolute Gasteiger partial charge is 0.333 e. The fourth-order valence-corrected chi connectivity index (χ4v) is 4.77. The van der Waals surface area contributed by atoms with Gasteiger partial charge in [-0.25, -0.2) is 17.6 Å². The number of hydrogen-bond donors (Lipinski definition) is 2. The molecule has 8 nitrogen and oxygen atoms in total. The van der Waals surface area contributed by atoms with Gasteiger partial charge in [0.1, 0.15) is 5.75 Å². The molecule has 0 atom stereocenters. The van der Waals surface area contributed by atoms with Crippen LogP contribution in [0, 0.1) is 5.82 Å². The van der Waals surface area contributed by atoms with Gasteiger partial charge in [-0.2, -0.15) is 0 Å². The van der Waals surface area contributed by atoms with Crippen molar-refractivity contribution in [2.45, 2.75) is 0 Å². The van der Waals surface area contributed by atoms with Crippen molar-refractivity contribution in [2.24, 2.45) is 0 Å². The minimum absolute atomic E-state index is 0.0530. The summed E-state index contributed by atoms with van der Waals surface area (Å²) in [5, 5.41) is 1.87. The summed E-state index contributed by atoms with van der Waals surface area (Å²) in [6, 6.07) is 12.8. The summed E-state index contributed by atoms with van der Waals surface area (Å²) in [6.07, 6.45) is 5.43. The van der Waals surface area contributed by atoms with Crippen LogP contribution in [0.1, 0.15) is 11.1 Å². The van der Waals surface area contributed by atoms with Gasteiger partial charge in [-0.15, -0.1) is 11.3 Å². The molecule has 0 saturated heterocycles. The van der Waals surface area contributed by atoms with Crippen molar-refractivity contribution in [3.8, 4) is 21.9 Å². The van der Waals surface area contributed by atoms with Crippen molar-refractivity contribution in [3.63, 3.8) is 0 Å². The first-order valence-electron chi connectivity index (χ1n) is 10.2. The van der Waals surface area contributed by atoms with Crippen LogP contribution in [0.4, 0.5) is 10.1 Å². The topological polar surface area (TPSA) is 110 Å². The van der Waals surface area contributed by atoms with E-state index in [-0.39, 0.29) is 17.0 Å². The van der Waals surface area contributed by atoms with Crippen molar-refractivity contribution in [1.29, 1.82) is 0 Å². The predicted octanol–water partition coefficient (Wildman–Crippen LogP) is 3.94. The number of hydrogen-bond acceptors (Lipinski definition) is 6. The van der Waals surface area contributed by atoms with E-state index in [1.165, 1.54) is 36.8 Å². The third kappa shape index (κ3) is 5.42. The number of benzene rings is 2. The Bertz CT molecular complexity index is 1620. The number of aromatic nitrogens is 2. The molecule has 35 heavy (non-hydrogen) atoms. The van der Waals surface area contributed by atoms with E-state index in [0.717, 1.165) is 21.8 Å². The molecular formula is C24H20FN3O5S2. The molecule has 4 aromatic rings. The molecule has 0 unspecified atom stereocenters. The van der Waals surface area contributed by atoms with Crippen LogP contribution >= 0.6 is 11.3 Å². The van der Waals surface area contributed by atoms with Gasteiger partial charge in [-0.05, 0) is 41.3 Å². The van der Waals surface area contributed by atoms with E-state index in [2.05, 4.69) is 9.71 Å². The highest BCUT2D eigenvalue weighted by Gasteiger charge is 2.21. The molecular weight excluding hydrogens is 493 g/mol. The molecule has 2 N–H and O–H groups in total. The van der Waals surface area contributed by atoms with Gasteiger partial charge in [0.25, 0.3) is 5.56 Å². The van der Waals surface area contributed by atoms with E-state index in [4.69, 9.17) is 4.74 Å². The fraction of sp³-hybridized carbons (Fsp3) is 0.0833. The second-order valence-electron chi connectivity index (χ2n) is 7.49. The molecule has 2 aromatic heterocycles. The third-order valence-corrected chi connectivity index (χ3v) is 6.47. The number of nitrogens with zero attached hydrogens (tertiary/aromatic N) is 1. The summed E-state index contributed by atoms with van der Waals surface area (Å²) < 4.78 is 47.6. The molecule has 0 aliphatic carbocycles. The molecule has 0 aliphatic rings. The Morgan fingerprint density at radius 2 is 1.86 bits per heavy atom. The monoisotopic (exact) mass is 513 g/mol. The lowest BCUT2D eigenvalue weighted by Gasteiger charge is -2.16. The van der Waals surface area contributed by atoms with Crippen molar-refractivity contribution in [1.82, 2.24) is 9.55 Å². The van der Waals surface area contributed by atoms with Gasteiger partial charge in [0.2, 0.25) is 10.0 Å². The number of aromatic amines is 1. The van der Waals surface area contributed by atoms with Gasteiger partial charge in [0.05, 0.1) is 24.6 Å². The van der Waals surface area contributed by atoms with Crippen molar-refractivity contribution in [2.75, 3.05) is 18.1 Å². The predicted molar refractivity (Wildman–Crippen MR) is 136 cm³/mol. The summed E-state index contributed by atoms with van der Waals surface area (Å²) in [7, 11) is -1.98. The Labute approximate surface area is 204 Å². The van der Waals surface area contributed by atoms with E-state index in [9.17, 15) is 18.0 Å². The Balaban J connectivity index is 1.86. The number of ether oxygens (including phenoxy) is 1. The van der Waals surface area contributed by atoms with E-state index in [1.54, 1.807) is 30.3 Å². The molecule has 0 radical (unpaired) electrons. The van der Waals surface area contributed by atoms with Crippen LogP contribution in [0.2, 0.25) is 0 Å². The van der Waals surface area contributed by atoms with Crippen LogP contribution in [-0.4, -0.2) is 31.3 Å². The lowest BCUT2D eigenvalue weighted by molar-refractivity contribution is 0.411. The SMILES string of the molecule is COc1c(-c2cccs2)cc(-n2ccc(=O)[nH]c2=O)c(F)c1/C=C/c1ccc(NS(C)(=O)=O)cc1. The molecule has 0 bridgehead atoms. The van der Waals surface area contributed by atoms with E-state index in [1.807, 2.05) is 17.5 Å². The van der Waals surface area contributed by atoms with Crippen molar-refractivity contribution < 1.29 is 17.5 Å². The minimum atomic E-state index is -3.41. The molecule has 0 saturated carbocycles. The molecule has 11 heteroatoms. The number of thiophene rings is 1. The fourth-order valence-electron chi connectivity index (χ4n) is 3.47. The average Bonchev–Trinajstić information content (AvgIpc) is 3.33. The molecule has 0 amide bonds. The summed E-state index contributed by atoms with van der Waals surface area (Å²) in [5.41, 5.74) is 0.329. The molecule has 2 heterocycles.